The molecule has 0 bridgehead atoms. The molecule has 2 atom stereocenters. The number of nitrogens with one attached hydrogen (secondary N) is 2. The van der Waals surface area contributed by atoms with Crippen molar-refractivity contribution in [3.8, 4) is 11.6 Å². The summed E-state index contributed by atoms with van der Waals surface area (Å²) >= 11 is 0. The van der Waals surface area contributed by atoms with Crippen LogP contribution >= 0.6 is 0 Å². The first-order valence-electron chi connectivity index (χ1n) is 7.67. The van der Waals surface area contributed by atoms with E-state index in [1.165, 1.54) is 12.1 Å². The maximum Gasteiger partial charge on any atom is 0.237 e. The van der Waals surface area contributed by atoms with Gasteiger partial charge in [-0.25, -0.2) is 9.37 Å². The maximum absolute atomic E-state index is 13.1. The molecule has 0 aliphatic carbocycles. The van der Waals surface area contributed by atoms with Gasteiger partial charge in [0.05, 0.1) is 12.1 Å². The number of aromatic nitrogens is 1. The van der Waals surface area contributed by atoms with E-state index in [2.05, 4.69) is 15.6 Å². The number of amides is 1. The largest absolute Gasteiger partial charge is 0.439 e. The monoisotopic (exact) mass is 331 g/mol. The topological polar surface area (TPSA) is 83.5 Å². The van der Waals surface area contributed by atoms with Gasteiger partial charge in [0.2, 0.25) is 11.8 Å². The van der Waals surface area contributed by atoms with Crippen LogP contribution in [0.25, 0.3) is 0 Å². The second-order valence-electron chi connectivity index (χ2n) is 5.63. The Morgan fingerprint density at radius 3 is 2.96 bits per heavy atom. The summed E-state index contributed by atoms with van der Waals surface area (Å²) in [6, 6.07) is 8.89. The first kappa shape index (κ1) is 16.4. The number of nitrogens with zero attached hydrogens (tertiary/aromatic N) is 1. The van der Waals surface area contributed by atoms with Crippen LogP contribution in [0, 0.1) is 5.82 Å². The van der Waals surface area contributed by atoms with Crippen LogP contribution in [0.2, 0.25) is 0 Å². The minimum Gasteiger partial charge on any atom is -0.439 e. The lowest BCUT2D eigenvalue weighted by Crippen LogP contribution is -2.40. The van der Waals surface area contributed by atoms with Gasteiger partial charge in [-0.2, -0.15) is 0 Å². The molecule has 1 amide bonds. The third-order valence-electron chi connectivity index (χ3n) is 3.71. The van der Waals surface area contributed by atoms with Gasteiger partial charge < -0.3 is 20.5 Å². The second kappa shape index (κ2) is 7.37. The predicted molar refractivity (Wildman–Crippen MR) is 85.0 cm³/mol. The summed E-state index contributed by atoms with van der Waals surface area (Å²) in [7, 11) is 0. The zero-order valence-electron chi connectivity index (χ0n) is 12.9. The van der Waals surface area contributed by atoms with Crippen LogP contribution in [-0.4, -0.2) is 34.7 Å². The lowest BCUT2D eigenvalue weighted by molar-refractivity contribution is -0.123. The molecule has 1 saturated heterocycles. The van der Waals surface area contributed by atoms with Crippen molar-refractivity contribution in [3.05, 3.63) is 54.0 Å². The van der Waals surface area contributed by atoms with Crippen LogP contribution < -0.4 is 15.4 Å². The lowest BCUT2D eigenvalue weighted by Gasteiger charge is -2.11. The first-order chi connectivity index (χ1) is 11.6. The molecular formula is C17H18FN3O3. The Bertz CT molecular complexity index is 708. The molecule has 3 N–H and O–H groups in total. The highest BCUT2D eigenvalue weighted by Crippen LogP contribution is 2.20. The quantitative estimate of drug-likeness (QED) is 0.770. The van der Waals surface area contributed by atoms with E-state index in [1.807, 2.05) is 0 Å². The number of carbonyl (C=O) groups is 1. The molecule has 6 nitrogen and oxygen atoms in total. The fraction of sp³-hybridized carbons (Fsp3) is 0.294. The van der Waals surface area contributed by atoms with Crippen LogP contribution in [0.15, 0.2) is 42.6 Å². The van der Waals surface area contributed by atoms with E-state index in [9.17, 15) is 14.3 Å². The van der Waals surface area contributed by atoms with Gasteiger partial charge >= 0.3 is 0 Å². The summed E-state index contributed by atoms with van der Waals surface area (Å²) < 4.78 is 18.6. The van der Waals surface area contributed by atoms with Crippen molar-refractivity contribution in [2.45, 2.75) is 25.1 Å². The SMILES string of the molecule is O=C(NCc1ccc(Oc2cccc(F)c2)nc1)C1CC(O)CN1. The highest BCUT2D eigenvalue weighted by atomic mass is 19.1. The number of hydrogen-bond acceptors (Lipinski definition) is 5. The molecule has 3 rings (SSSR count). The molecule has 1 aliphatic rings. The van der Waals surface area contributed by atoms with E-state index >= 15 is 0 Å². The number of carbonyl (C=O) groups excluding carboxylic acids is 1. The Balaban J connectivity index is 1.52. The van der Waals surface area contributed by atoms with E-state index in [0.717, 1.165) is 5.56 Å². The standard InChI is InChI=1S/C17H18FN3O3/c18-12-2-1-3-14(6-12)24-16-5-4-11(8-20-16)9-21-17(23)15-7-13(22)10-19-15/h1-6,8,13,15,19,22H,7,9-10H2,(H,21,23). The van der Waals surface area contributed by atoms with Crippen LogP contribution in [0.1, 0.15) is 12.0 Å². The van der Waals surface area contributed by atoms with Crippen LogP contribution in [0.3, 0.4) is 0 Å². The minimum atomic E-state index is -0.471. The fourth-order valence-corrected chi connectivity index (χ4v) is 2.46. The van der Waals surface area contributed by atoms with Gasteiger partial charge in [-0.3, -0.25) is 4.79 Å². The summed E-state index contributed by atoms with van der Waals surface area (Å²) in [6.45, 7) is 0.770. The summed E-state index contributed by atoms with van der Waals surface area (Å²) in [5.74, 6) is 0.190. The highest BCUT2D eigenvalue weighted by molar-refractivity contribution is 5.82. The van der Waals surface area contributed by atoms with Crippen molar-refractivity contribution in [3.63, 3.8) is 0 Å². The van der Waals surface area contributed by atoms with Crippen LogP contribution in [0.5, 0.6) is 11.6 Å². The number of pyridine rings is 1. The zero-order chi connectivity index (χ0) is 16.9. The van der Waals surface area contributed by atoms with Gasteiger partial charge in [-0.1, -0.05) is 12.1 Å². The summed E-state index contributed by atoms with van der Waals surface area (Å²) in [4.78, 5) is 16.1. The first-order valence-corrected chi connectivity index (χ1v) is 7.67. The normalized spacial score (nSPS) is 19.9. The van der Waals surface area contributed by atoms with E-state index in [-0.39, 0.29) is 17.8 Å². The number of aliphatic hydroxyl groups excluding tert-OH is 1. The molecule has 2 heterocycles. The van der Waals surface area contributed by atoms with Gasteiger partial charge in [0, 0.05) is 31.4 Å². The van der Waals surface area contributed by atoms with Gasteiger partial charge in [0.25, 0.3) is 0 Å². The highest BCUT2D eigenvalue weighted by Gasteiger charge is 2.27. The Morgan fingerprint density at radius 2 is 2.29 bits per heavy atom. The molecule has 0 radical (unpaired) electrons. The minimum absolute atomic E-state index is 0.147. The molecule has 0 saturated carbocycles. The van der Waals surface area contributed by atoms with Crippen molar-refractivity contribution >= 4 is 5.91 Å². The lowest BCUT2D eigenvalue weighted by atomic mass is 10.2. The van der Waals surface area contributed by atoms with E-state index in [1.54, 1.807) is 30.5 Å². The van der Waals surface area contributed by atoms with Crippen molar-refractivity contribution in [2.75, 3.05) is 6.54 Å². The van der Waals surface area contributed by atoms with Crippen molar-refractivity contribution in [1.29, 1.82) is 0 Å². The third-order valence-corrected chi connectivity index (χ3v) is 3.71. The van der Waals surface area contributed by atoms with Gasteiger partial charge in [-0.05, 0) is 24.1 Å². The molecule has 2 unspecified atom stereocenters. The Morgan fingerprint density at radius 1 is 1.42 bits per heavy atom. The van der Waals surface area contributed by atoms with E-state index in [4.69, 9.17) is 4.74 Å². The number of halogens is 1. The number of aliphatic hydroxyl groups is 1. The second-order valence-corrected chi connectivity index (χ2v) is 5.63. The molecule has 1 aromatic carbocycles. The molecule has 7 heteroatoms. The van der Waals surface area contributed by atoms with Gasteiger partial charge in [0.15, 0.2) is 0 Å². The van der Waals surface area contributed by atoms with E-state index in [0.29, 0.717) is 31.1 Å². The molecule has 126 valence electrons. The molecule has 1 aliphatic heterocycles. The molecule has 1 aromatic heterocycles. The average molecular weight is 331 g/mol. The molecule has 0 spiro atoms. The van der Waals surface area contributed by atoms with E-state index < -0.39 is 6.10 Å². The average Bonchev–Trinajstić information content (AvgIpc) is 3.01. The van der Waals surface area contributed by atoms with Gasteiger partial charge in [0.1, 0.15) is 11.6 Å². The summed E-state index contributed by atoms with van der Waals surface area (Å²) in [5, 5.41) is 15.2. The smallest absolute Gasteiger partial charge is 0.237 e. The predicted octanol–water partition coefficient (Wildman–Crippen LogP) is 1.35. The molecule has 1 fully saturated rings. The molecule has 24 heavy (non-hydrogen) atoms. The van der Waals surface area contributed by atoms with Gasteiger partial charge in [-0.15, -0.1) is 0 Å². The number of β-amino-alcohol motifs (C(OH)–C–C–N with tert-alkyl or cyclic N) is 1. The number of hydrogen-bond donors (Lipinski definition) is 3. The number of ether oxygens (including phenoxy) is 1. The maximum atomic E-state index is 13.1. The van der Waals surface area contributed by atoms with Crippen molar-refractivity contribution in [2.24, 2.45) is 0 Å². The number of benzene rings is 1. The zero-order valence-corrected chi connectivity index (χ0v) is 12.9. The molecular weight excluding hydrogens is 313 g/mol. The van der Waals surface area contributed by atoms with Crippen LogP contribution in [-0.2, 0) is 11.3 Å². The summed E-state index contributed by atoms with van der Waals surface area (Å²) in [6.07, 6.45) is 1.54. The molecule has 2 aromatic rings. The number of rotatable bonds is 5. The summed E-state index contributed by atoms with van der Waals surface area (Å²) in [5.41, 5.74) is 0.813. The third kappa shape index (κ3) is 4.27. The Hall–Kier alpha value is -2.51. The fourth-order valence-electron chi connectivity index (χ4n) is 2.46. The Kier molecular flexibility index (Phi) is 5.02. The van der Waals surface area contributed by atoms with Crippen molar-refractivity contribution in [1.82, 2.24) is 15.6 Å². The Labute approximate surface area is 138 Å². The van der Waals surface area contributed by atoms with Crippen LogP contribution in [0.4, 0.5) is 4.39 Å². The van der Waals surface area contributed by atoms with Crippen molar-refractivity contribution < 1.29 is 19.0 Å².